The van der Waals surface area contributed by atoms with Crippen molar-refractivity contribution < 1.29 is 14.8 Å². The van der Waals surface area contributed by atoms with Crippen molar-refractivity contribution in [2.24, 2.45) is 0 Å². The lowest BCUT2D eigenvalue weighted by atomic mass is 10.2. The van der Waals surface area contributed by atoms with Crippen LogP contribution in [0.1, 0.15) is 20.3 Å². The van der Waals surface area contributed by atoms with Crippen LogP contribution < -0.4 is 9.64 Å². The average molecular weight is 268 g/mol. The molecule has 0 heterocycles. The maximum absolute atomic E-state index is 10.9. The standard InChI is InChI=1S/C13H20N2O4/c1-3-7-14(8-9-16)11-5-6-12(15(17)18)13(10-11)19-4-2/h5-6,10,16H,3-4,7-9H2,1-2H3. The second-order valence-corrected chi connectivity index (χ2v) is 4.05. The average Bonchev–Trinajstić information content (AvgIpc) is 2.38. The van der Waals surface area contributed by atoms with Gasteiger partial charge in [0.1, 0.15) is 0 Å². The zero-order valence-electron chi connectivity index (χ0n) is 11.3. The summed E-state index contributed by atoms with van der Waals surface area (Å²) in [5, 5.41) is 20.0. The number of nitro groups is 1. The Hall–Kier alpha value is -1.82. The van der Waals surface area contributed by atoms with Gasteiger partial charge in [-0.2, -0.15) is 0 Å². The van der Waals surface area contributed by atoms with Gasteiger partial charge in [0, 0.05) is 30.9 Å². The summed E-state index contributed by atoms with van der Waals surface area (Å²) >= 11 is 0. The van der Waals surface area contributed by atoms with Gasteiger partial charge in [-0.3, -0.25) is 10.1 Å². The highest BCUT2D eigenvalue weighted by Gasteiger charge is 2.17. The molecule has 0 aliphatic carbocycles. The zero-order chi connectivity index (χ0) is 14.3. The minimum absolute atomic E-state index is 0.0361. The number of anilines is 1. The first-order chi connectivity index (χ1) is 9.13. The number of benzene rings is 1. The van der Waals surface area contributed by atoms with Crippen molar-refractivity contribution in [3.63, 3.8) is 0 Å². The Balaban J connectivity index is 3.07. The fourth-order valence-corrected chi connectivity index (χ4v) is 1.88. The number of hydrogen-bond donors (Lipinski definition) is 1. The van der Waals surface area contributed by atoms with E-state index < -0.39 is 4.92 Å². The van der Waals surface area contributed by atoms with Crippen molar-refractivity contribution in [1.29, 1.82) is 0 Å². The molecule has 0 aromatic heterocycles. The first kappa shape index (κ1) is 15.2. The van der Waals surface area contributed by atoms with Crippen LogP contribution in [0.15, 0.2) is 18.2 Å². The molecule has 1 aromatic rings. The summed E-state index contributed by atoms with van der Waals surface area (Å²) in [6.45, 7) is 5.52. The molecule has 0 radical (unpaired) electrons. The van der Waals surface area contributed by atoms with Gasteiger partial charge in [0.25, 0.3) is 0 Å². The molecule has 0 spiro atoms. The van der Waals surface area contributed by atoms with E-state index in [2.05, 4.69) is 0 Å². The summed E-state index contributed by atoms with van der Waals surface area (Å²) in [6, 6.07) is 4.79. The van der Waals surface area contributed by atoms with Gasteiger partial charge in [0.15, 0.2) is 5.75 Å². The first-order valence-corrected chi connectivity index (χ1v) is 6.41. The van der Waals surface area contributed by atoms with Gasteiger partial charge >= 0.3 is 5.69 Å². The molecule has 19 heavy (non-hydrogen) atoms. The summed E-state index contributed by atoms with van der Waals surface area (Å²) in [7, 11) is 0. The van der Waals surface area contributed by atoms with E-state index in [4.69, 9.17) is 9.84 Å². The van der Waals surface area contributed by atoms with E-state index >= 15 is 0 Å². The topological polar surface area (TPSA) is 75.8 Å². The molecule has 1 rings (SSSR count). The molecular weight excluding hydrogens is 248 g/mol. The molecule has 0 amide bonds. The van der Waals surface area contributed by atoms with Gasteiger partial charge in [0.05, 0.1) is 18.1 Å². The Kier molecular flexibility index (Phi) is 6.08. The predicted octanol–water partition coefficient (Wildman–Crippen LogP) is 2.20. The van der Waals surface area contributed by atoms with Crippen LogP contribution >= 0.6 is 0 Å². The predicted molar refractivity (Wildman–Crippen MR) is 73.9 cm³/mol. The van der Waals surface area contributed by atoms with E-state index in [-0.39, 0.29) is 18.0 Å². The van der Waals surface area contributed by atoms with E-state index in [0.717, 1.165) is 18.7 Å². The van der Waals surface area contributed by atoms with Gasteiger partial charge in [-0.25, -0.2) is 0 Å². The molecule has 0 saturated carbocycles. The van der Waals surface area contributed by atoms with E-state index in [9.17, 15) is 10.1 Å². The molecule has 6 nitrogen and oxygen atoms in total. The lowest BCUT2D eigenvalue weighted by Crippen LogP contribution is -2.27. The van der Waals surface area contributed by atoms with Crippen LogP contribution in [0.4, 0.5) is 11.4 Å². The molecule has 106 valence electrons. The molecule has 0 saturated heterocycles. The Bertz CT molecular complexity index is 417. The largest absolute Gasteiger partial charge is 0.487 e. The van der Waals surface area contributed by atoms with Crippen molar-refractivity contribution in [3.05, 3.63) is 28.3 Å². The number of hydrogen-bond acceptors (Lipinski definition) is 5. The van der Waals surface area contributed by atoms with Crippen LogP contribution in [-0.4, -0.2) is 36.3 Å². The second-order valence-electron chi connectivity index (χ2n) is 4.05. The third-order valence-corrected chi connectivity index (χ3v) is 2.67. The third kappa shape index (κ3) is 4.10. The molecule has 1 N–H and O–H groups in total. The monoisotopic (exact) mass is 268 g/mol. The van der Waals surface area contributed by atoms with Crippen LogP contribution in [0.2, 0.25) is 0 Å². The Morgan fingerprint density at radius 2 is 2.11 bits per heavy atom. The number of rotatable bonds is 8. The van der Waals surface area contributed by atoms with Crippen LogP contribution in [-0.2, 0) is 0 Å². The maximum Gasteiger partial charge on any atom is 0.311 e. The van der Waals surface area contributed by atoms with Crippen LogP contribution in [0.25, 0.3) is 0 Å². The van der Waals surface area contributed by atoms with Crippen molar-refractivity contribution in [2.45, 2.75) is 20.3 Å². The van der Waals surface area contributed by atoms with Crippen molar-refractivity contribution in [3.8, 4) is 5.75 Å². The number of nitro benzene ring substituents is 1. The molecule has 0 fully saturated rings. The minimum atomic E-state index is -0.453. The van der Waals surface area contributed by atoms with Crippen molar-refractivity contribution in [1.82, 2.24) is 0 Å². The number of aliphatic hydroxyl groups excluding tert-OH is 1. The fourth-order valence-electron chi connectivity index (χ4n) is 1.88. The maximum atomic E-state index is 10.9. The second kappa shape index (κ2) is 7.58. The smallest absolute Gasteiger partial charge is 0.311 e. The molecule has 6 heteroatoms. The van der Waals surface area contributed by atoms with E-state index in [1.54, 1.807) is 19.1 Å². The van der Waals surface area contributed by atoms with Crippen molar-refractivity contribution in [2.75, 3.05) is 31.2 Å². The van der Waals surface area contributed by atoms with Gasteiger partial charge in [0.2, 0.25) is 0 Å². The molecule has 0 aliphatic rings. The molecule has 1 aromatic carbocycles. The highest BCUT2D eigenvalue weighted by Crippen LogP contribution is 2.31. The molecule has 0 aliphatic heterocycles. The number of ether oxygens (including phenoxy) is 1. The van der Waals surface area contributed by atoms with Gasteiger partial charge in [-0.15, -0.1) is 0 Å². The summed E-state index contributed by atoms with van der Waals surface area (Å²) in [6.07, 6.45) is 0.932. The normalized spacial score (nSPS) is 10.3. The lowest BCUT2D eigenvalue weighted by molar-refractivity contribution is -0.385. The Morgan fingerprint density at radius 1 is 1.37 bits per heavy atom. The summed E-state index contributed by atoms with van der Waals surface area (Å²) in [5.74, 6) is 0.268. The number of nitrogens with zero attached hydrogens (tertiary/aromatic N) is 2. The molecular formula is C13H20N2O4. The zero-order valence-corrected chi connectivity index (χ0v) is 11.3. The van der Waals surface area contributed by atoms with Crippen LogP contribution in [0.3, 0.4) is 0 Å². The number of aliphatic hydroxyl groups is 1. The fraction of sp³-hybridized carbons (Fsp3) is 0.538. The highest BCUT2D eigenvalue weighted by molar-refractivity contribution is 5.59. The van der Waals surface area contributed by atoms with E-state index in [1.807, 2.05) is 11.8 Å². The Labute approximate surface area is 112 Å². The van der Waals surface area contributed by atoms with Gasteiger partial charge < -0.3 is 14.7 Å². The molecule has 0 bridgehead atoms. The quantitative estimate of drug-likeness (QED) is 0.578. The van der Waals surface area contributed by atoms with E-state index in [1.165, 1.54) is 6.07 Å². The van der Waals surface area contributed by atoms with Crippen LogP contribution in [0.5, 0.6) is 5.75 Å². The van der Waals surface area contributed by atoms with Gasteiger partial charge in [-0.1, -0.05) is 6.92 Å². The first-order valence-electron chi connectivity index (χ1n) is 6.41. The van der Waals surface area contributed by atoms with E-state index in [0.29, 0.717) is 13.2 Å². The summed E-state index contributed by atoms with van der Waals surface area (Å²) < 4.78 is 5.31. The van der Waals surface area contributed by atoms with Crippen molar-refractivity contribution >= 4 is 11.4 Å². The summed E-state index contributed by atoms with van der Waals surface area (Å²) in [4.78, 5) is 12.4. The molecule has 0 atom stereocenters. The minimum Gasteiger partial charge on any atom is -0.487 e. The molecule has 0 unspecified atom stereocenters. The van der Waals surface area contributed by atoms with Crippen LogP contribution in [0, 0.1) is 10.1 Å². The SMILES string of the molecule is CCCN(CCO)c1ccc([N+](=O)[O-])c(OCC)c1. The summed E-state index contributed by atoms with van der Waals surface area (Å²) in [5.41, 5.74) is 0.788. The third-order valence-electron chi connectivity index (χ3n) is 2.67. The van der Waals surface area contributed by atoms with Gasteiger partial charge in [-0.05, 0) is 19.4 Å². The Morgan fingerprint density at radius 3 is 2.63 bits per heavy atom. The highest BCUT2D eigenvalue weighted by atomic mass is 16.6. The lowest BCUT2D eigenvalue weighted by Gasteiger charge is -2.23.